The van der Waals surface area contributed by atoms with Crippen LogP contribution in [-0.2, 0) is 9.53 Å². The third-order valence-corrected chi connectivity index (χ3v) is 6.59. The molecule has 0 aliphatic carbocycles. The first-order chi connectivity index (χ1) is 14.5. The van der Waals surface area contributed by atoms with Gasteiger partial charge in [-0.15, -0.1) is 0 Å². The van der Waals surface area contributed by atoms with Gasteiger partial charge in [-0.2, -0.15) is 0 Å². The van der Waals surface area contributed by atoms with Crippen molar-refractivity contribution in [3.8, 4) is 0 Å². The molecule has 0 bridgehead atoms. The molecule has 0 aromatic heterocycles. The number of carbonyl (C=O) groups excluding carboxylic acids is 1. The SMILES string of the molecule is CCCCCCCCC(CCCCCCCC)COC(=O)C(C)(C)CCCCCC. The Hall–Kier alpha value is -0.530. The van der Waals surface area contributed by atoms with Crippen molar-refractivity contribution in [2.75, 3.05) is 6.61 Å². The third kappa shape index (κ3) is 17.2. The highest BCUT2D eigenvalue weighted by Gasteiger charge is 2.29. The van der Waals surface area contributed by atoms with Gasteiger partial charge in [0.2, 0.25) is 0 Å². The van der Waals surface area contributed by atoms with E-state index in [1.54, 1.807) is 0 Å². The van der Waals surface area contributed by atoms with Crippen molar-refractivity contribution in [3.05, 3.63) is 0 Å². The predicted molar refractivity (Wildman–Crippen MR) is 133 cm³/mol. The van der Waals surface area contributed by atoms with Crippen LogP contribution in [0.15, 0.2) is 0 Å². The van der Waals surface area contributed by atoms with E-state index in [1.807, 2.05) is 0 Å². The molecule has 0 radical (unpaired) electrons. The Morgan fingerprint density at radius 3 is 1.50 bits per heavy atom. The molecule has 0 atom stereocenters. The third-order valence-electron chi connectivity index (χ3n) is 6.59. The molecule has 30 heavy (non-hydrogen) atoms. The smallest absolute Gasteiger partial charge is 0.311 e. The number of carbonyl (C=O) groups is 1. The number of hydrogen-bond donors (Lipinski definition) is 0. The van der Waals surface area contributed by atoms with E-state index >= 15 is 0 Å². The van der Waals surface area contributed by atoms with Crippen LogP contribution in [-0.4, -0.2) is 12.6 Å². The molecular weight excluding hydrogens is 368 g/mol. The minimum absolute atomic E-state index is 0.0230. The van der Waals surface area contributed by atoms with Crippen LogP contribution >= 0.6 is 0 Å². The number of ether oxygens (including phenoxy) is 1. The second-order valence-electron chi connectivity index (χ2n) is 10.3. The molecule has 0 rings (SSSR count). The van der Waals surface area contributed by atoms with E-state index in [0.29, 0.717) is 12.5 Å². The van der Waals surface area contributed by atoms with Gasteiger partial charge in [0.1, 0.15) is 0 Å². The summed E-state index contributed by atoms with van der Waals surface area (Å²) in [5, 5.41) is 0. The van der Waals surface area contributed by atoms with Crippen molar-refractivity contribution < 1.29 is 9.53 Å². The summed E-state index contributed by atoms with van der Waals surface area (Å²) in [4.78, 5) is 12.7. The van der Waals surface area contributed by atoms with Crippen molar-refractivity contribution in [3.63, 3.8) is 0 Å². The Kier molecular flexibility index (Phi) is 20.0. The molecule has 0 spiro atoms. The summed E-state index contributed by atoms with van der Waals surface area (Å²) in [7, 11) is 0. The monoisotopic (exact) mass is 424 g/mol. The fourth-order valence-electron chi connectivity index (χ4n) is 4.22. The van der Waals surface area contributed by atoms with Gasteiger partial charge in [0.05, 0.1) is 12.0 Å². The van der Waals surface area contributed by atoms with Crippen LogP contribution in [0.1, 0.15) is 157 Å². The highest BCUT2D eigenvalue weighted by atomic mass is 16.5. The minimum atomic E-state index is -0.335. The fourth-order valence-corrected chi connectivity index (χ4v) is 4.22. The Morgan fingerprint density at radius 2 is 1.03 bits per heavy atom. The van der Waals surface area contributed by atoms with Crippen LogP contribution in [0.3, 0.4) is 0 Å². The summed E-state index contributed by atoms with van der Waals surface area (Å²) in [6.07, 6.45) is 24.4. The normalized spacial score (nSPS) is 11.9. The lowest BCUT2D eigenvalue weighted by Gasteiger charge is -2.25. The molecule has 180 valence electrons. The molecule has 0 aliphatic heterocycles. The molecule has 0 aromatic rings. The van der Waals surface area contributed by atoms with E-state index < -0.39 is 0 Å². The Labute approximate surface area is 190 Å². The van der Waals surface area contributed by atoms with Gasteiger partial charge in [-0.3, -0.25) is 4.79 Å². The molecule has 0 fully saturated rings. The molecule has 0 aromatic carbocycles. The van der Waals surface area contributed by atoms with Gasteiger partial charge in [0, 0.05) is 0 Å². The van der Waals surface area contributed by atoms with E-state index in [4.69, 9.17) is 4.74 Å². The molecule has 0 unspecified atom stereocenters. The summed E-state index contributed by atoms with van der Waals surface area (Å²) in [6, 6.07) is 0. The Balaban J connectivity index is 4.31. The van der Waals surface area contributed by atoms with Crippen molar-refractivity contribution in [2.45, 2.75) is 157 Å². The van der Waals surface area contributed by atoms with Crippen molar-refractivity contribution >= 4 is 5.97 Å². The molecule has 0 N–H and O–H groups in total. The highest BCUT2D eigenvalue weighted by Crippen LogP contribution is 2.27. The average molecular weight is 425 g/mol. The van der Waals surface area contributed by atoms with Crippen LogP contribution in [0, 0.1) is 11.3 Å². The summed E-state index contributed by atoms with van der Waals surface area (Å²) < 4.78 is 5.88. The topological polar surface area (TPSA) is 26.3 Å². The summed E-state index contributed by atoms with van der Waals surface area (Å²) in [5.41, 5.74) is -0.335. The standard InChI is InChI=1S/C28H56O2/c1-6-9-12-15-17-19-22-26(23-20-18-16-13-10-7-2)25-30-27(29)28(4,5)24-21-14-11-8-3/h26H,6-25H2,1-5H3. The maximum absolute atomic E-state index is 12.7. The molecule has 0 amide bonds. The molecular formula is C28H56O2. The molecule has 0 saturated carbocycles. The second-order valence-corrected chi connectivity index (χ2v) is 10.3. The van der Waals surface area contributed by atoms with Crippen LogP contribution in [0.5, 0.6) is 0 Å². The van der Waals surface area contributed by atoms with Crippen LogP contribution < -0.4 is 0 Å². The van der Waals surface area contributed by atoms with Gasteiger partial charge in [0.25, 0.3) is 0 Å². The minimum Gasteiger partial charge on any atom is -0.465 e. The lowest BCUT2D eigenvalue weighted by atomic mass is 9.87. The lowest BCUT2D eigenvalue weighted by Crippen LogP contribution is -2.28. The first-order valence-electron chi connectivity index (χ1n) is 13.6. The first-order valence-corrected chi connectivity index (χ1v) is 13.6. The van der Waals surface area contributed by atoms with Crippen LogP contribution in [0.4, 0.5) is 0 Å². The fraction of sp³-hybridized carbons (Fsp3) is 0.964. The largest absolute Gasteiger partial charge is 0.465 e. The quantitative estimate of drug-likeness (QED) is 0.128. The van der Waals surface area contributed by atoms with E-state index in [2.05, 4.69) is 34.6 Å². The summed E-state index contributed by atoms with van der Waals surface area (Å²) >= 11 is 0. The molecule has 0 aliphatic rings. The van der Waals surface area contributed by atoms with E-state index in [-0.39, 0.29) is 11.4 Å². The molecule has 2 heteroatoms. The van der Waals surface area contributed by atoms with Gasteiger partial charge in [-0.05, 0) is 39.0 Å². The number of hydrogen-bond acceptors (Lipinski definition) is 2. The predicted octanol–water partition coefficient (Wildman–Crippen LogP) is 9.64. The van der Waals surface area contributed by atoms with Gasteiger partial charge >= 0.3 is 5.97 Å². The van der Waals surface area contributed by atoms with Gasteiger partial charge < -0.3 is 4.74 Å². The molecule has 0 heterocycles. The zero-order valence-electron chi connectivity index (χ0n) is 21.5. The maximum Gasteiger partial charge on any atom is 0.311 e. The summed E-state index contributed by atoms with van der Waals surface area (Å²) in [5.74, 6) is 0.581. The van der Waals surface area contributed by atoms with Crippen LogP contribution in [0.2, 0.25) is 0 Å². The number of esters is 1. The summed E-state index contributed by atoms with van der Waals surface area (Å²) in [6.45, 7) is 11.6. The van der Waals surface area contributed by atoms with Crippen molar-refractivity contribution in [1.82, 2.24) is 0 Å². The zero-order chi connectivity index (χ0) is 22.5. The Morgan fingerprint density at radius 1 is 0.633 bits per heavy atom. The average Bonchev–Trinajstić information content (AvgIpc) is 2.73. The van der Waals surface area contributed by atoms with Gasteiger partial charge in [-0.25, -0.2) is 0 Å². The van der Waals surface area contributed by atoms with Gasteiger partial charge in [-0.1, -0.05) is 124 Å². The van der Waals surface area contributed by atoms with Crippen molar-refractivity contribution in [2.24, 2.45) is 11.3 Å². The molecule has 0 saturated heterocycles. The number of rotatable bonds is 22. The lowest BCUT2D eigenvalue weighted by molar-refractivity contribution is -0.156. The Bertz CT molecular complexity index is 359. The maximum atomic E-state index is 12.7. The van der Waals surface area contributed by atoms with Crippen molar-refractivity contribution in [1.29, 1.82) is 0 Å². The van der Waals surface area contributed by atoms with Gasteiger partial charge in [0.15, 0.2) is 0 Å². The second kappa shape index (κ2) is 20.4. The highest BCUT2D eigenvalue weighted by molar-refractivity contribution is 5.75. The number of unbranched alkanes of at least 4 members (excludes halogenated alkanes) is 13. The molecule has 2 nitrogen and oxygen atoms in total. The zero-order valence-corrected chi connectivity index (χ0v) is 21.5. The van der Waals surface area contributed by atoms with E-state index in [1.165, 1.54) is 109 Å². The first kappa shape index (κ1) is 29.5. The van der Waals surface area contributed by atoms with E-state index in [9.17, 15) is 4.79 Å². The van der Waals surface area contributed by atoms with Crippen LogP contribution in [0.25, 0.3) is 0 Å². The van der Waals surface area contributed by atoms with E-state index in [0.717, 1.165) is 12.8 Å².